The standard InChI is InChI=1S/C13H12ClNO3S/c14-10-4-8(13-15-6-9(7-16)19-13)5-11-12(10)18-3-1-2-17-11/h4-6,16H,1-3,7H2. The maximum absolute atomic E-state index is 9.08. The molecule has 1 aromatic heterocycles. The first-order chi connectivity index (χ1) is 9.28. The van der Waals surface area contributed by atoms with Gasteiger partial charge >= 0.3 is 0 Å². The molecule has 0 atom stereocenters. The highest BCUT2D eigenvalue weighted by molar-refractivity contribution is 7.15. The lowest BCUT2D eigenvalue weighted by Gasteiger charge is -2.10. The number of halogens is 1. The quantitative estimate of drug-likeness (QED) is 0.925. The van der Waals surface area contributed by atoms with Gasteiger partial charge in [-0.3, -0.25) is 0 Å². The number of rotatable bonds is 2. The normalized spacial score (nSPS) is 14.2. The van der Waals surface area contributed by atoms with Crippen LogP contribution in [-0.4, -0.2) is 23.3 Å². The molecular weight excluding hydrogens is 286 g/mol. The van der Waals surface area contributed by atoms with Gasteiger partial charge in [0.15, 0.2) is 11.5 Å². The third-order valence-corrected chi connectivity index (χ3v) is 4.07. The van der Waals surface area contributed by atoms with Crippen LogP contribution in [0, 0.1) is 0 Å². The van der Waals surface area contributed by atoms with Crippen molar-refractivity contribution in [1.82, 2.24) is 4.98 Å². The van der Waals surface area contributed by atoms with Crippen molar-refractivity contribution in [2.75, 3.05) is 13.2 Å². The lowest BCUT2D eigenvalue weighted by Crippen LogP contribution is -1.97. The molecule has 3 rings (SSSR count). The molecule has 1 aromatic carbocycles. The fourth-order valence-corrected chi connectivity index (χ4v) is 2.89. The monoisotopic (exact) mass is 297 g/mol. The van der Waals surface area contributed by atoms with Crippen molar-refractivity contribution < 1.29 is 14.6 Å². The number of fused-ring (bicyclic) bond motifs is 1. The molecular formula is C13H12ClNO3S. The summed E-state index contributed by atoms with van der Waals surface area (Å²) < 4.78 is 11.2. The molecule has 100 valence electrons. The smallest absolute Gasteiger partial charge is 0.179 e. The zero-order chi connectivity index (χ0) is 13.2. The number of thiazole rings is 1. The first-order valence-electron chi connectivity index (χ1n) is 5.93. The van der Waals surface area contributed by atoms with E-state index in [2.05, 4.69) is 4.98 Å². The number of hydrogen-bond donors (Lipinski definition) is 1. The number of benzene rings is 1. The molecule has 0 radical (unpaired) electrons. The van der Waals surface area contributed by atoms with Gasteiger partial charge in [-0.15, -0.1) is 11.3 Å². The van der Waals surface area contributed by atoms with E-state index >= 15 is 0 Å². The van der Waals surface area contributed by atoms with Crippen LogP contribution < -0.4 is 9.47 Å². The summed E-state index contributed by atoms with van der Waals surface area (Å²) in [5, 5.41) is 10.4. The Labute approximate surface area is 119 Å². The van der Waals surface area contributed by atoms with E-state index in [0.29, 0.717) is 29.7 Å². The van der Waals surface area contributed by atoms with Crippen LogP contribution in [-0.2, 0) is 6.61 Å². The highest BCUT2D eigenvalue weighted by atomic mass is 35.5. The summed E-state index contributed by atoms with van der Waals surface area (Å²) in [6.45, 7) is 1.22. The lowest BCUT2D eigenvalue weighted by atomic mass is 10.2. The van der Waals surface area contributed by atoms with Crippen LogP contribution in [0.25, 0.3) is 10.6 Å². The first kappa shape index (κ1) is 12.7. The Morgan fingerprint density at radius 1 is 1.32 bits per heavy atom. The van der Waals surface area contributed by atoms with Crippen molar-refractivity contribution in [2.24, 2.45) is 0 Å². The fourth-order valence-electron chi connectivity index (χ4n) is 1.87. The van der Waals surface area contributed by atoms with Gasteiger partial charge in [-0.05, 0) is 12.1 Å². The molecule has 0 fully saturated rings. The van der Waals surface area contributed by atoms with Crippen LogP contribution in [0.2, 0.25) is 5.02 Å². The topological polar surface area (TPSA) is 51.6 Å². The second-order valence-electron chi connectivity index (χ2n) is 4.13. The van der Waals surface area contributed by atoms with Crippen molar-refractivity contribution >= 4 is 22.9 Å². The van der Waals surface area contributed by atoms with Crippen LogP contribution in [0.3, 0.4) is 0 Å². The maximum atomic E-state index is 9.08. The molecule has 0 unspecified atom stereocenters. The van der Waals surface area contributed by atoms with Crippen LogP contribution in [0.4, 0.5) is 0 Å². The Kier molecular flexibility index (Phi) is 3.59. The van der Waals surface area contributed by atoms with Gasteiger partial charge < -0.3 is 14.6 Å². The average Bonchev–Trinajstić information content (AvgIpc) is 2.77. The molecule has 4 nitrogen and oxygen atoms in total. The van der Waals surface area contributed by atoms with Gasteiger partial charge in [0.2, 0.25) is 0 Å². The third kappa shape index (κ3) is 2.54. The summed E-state index contributed by atoms with van der Waals surface area (Å²) in [4.78, 5) is 5.09. The minimum absolute atomic E-state index is 0.00402. The molecule has 0 bridgehead atoms. The molecule has 6 heteroatoms. The molecule has 2 heterocycles. The zero-order valence-electron chi connectivity index (χ0n) is 10.1. The molecule has 1 aliphatic heterocycles. The minimum Gasteiger partial charge on any atom is -0.489 e. The largest absolute Gasteiger partial charge is 0.489 e. The minimum atomic E-state index is -0.00402. The summed E-state index contributed by atoms with van der Waals surface area (Å²) >= 11 is 7.67. The predicted molar refractivity (Wildman–Crippen MR) is 74.1 cm³/mol. The van der Waals surface area contributed by atoms with E-state index in [1.54, 1.807) is 6.20 Å². The number of ether oxygens (including phenoxy) is 2. The van der Waals surface area contributed by atoms with Crippen LogP contribution in [0.1, 0.15) is 11.3 Å². The van der Waals surface area contributed by atoms with Crippen LogP contribution in [0.5, 0.6) is 11.5 Å². The van der Waals surface area contributed by atoms with E-state index in [-0.39, 0.29) is 6.61 Å². The predicted octanol–water partition coefficient (Wildman–Crippen LogP) is 3.12. The Bertz CT molecular complexity index is 600. The third-order valence-electron chi connectivity index (χ3n) is 2.76. The summed E-state index contributed by atoms with van der Waals surface area (Å²) in [6, 6.07) is 3.70. The highest BCUT2D eigenvalue weighted by Crippen LogP contribution is 2.41. The molecule has 1 aliphatic rings. The summed E-state index contributed by atoms with van der Waals surface area (Å²) in [7, 11) is 0. The highest BCUT2D eigenvalue weighted by Gasteiger charge is 2.17. The average molecular weight is 298 g/mol. The van der Waals surface area contributed by atoms with Gasteiger partial charge in [0.1, 0.15) is 5.01 Å². The van der Waals surface area contributed by atoms with E-state index in [4.69, 9.17) is 26.2 Å². The second-order valence-corrected chi connectivity index (χ2v) is 5.65. The number of aromatic nitrogens is 1. The Morgan fingerprint density at radius 3 is 2.95 bits per heavy atom. The summed E-state index contributed by atoms with van der Waals surface area (Å²) in [6.07, 6.45) is 2.50. The fraction of sp³-hybridized carbons (Fsp3) is 0.308. The van der Waals surface area contributed by atoms with Gasteiger partial charge in [0.25, 0.3) is 0 Å². The van der Waals surface area contributed by atoms with Crippen molar-refractivity contribution in [3.63, 3.8) is 0 Å². The van der Waals surface area contributed by atoms with E-state index in [0.717, 1.165) is 21.9 Å². The SMILES string of the molecule is OCc1cnc(-c2cc(Cl)c3c(c2)OCCCO3)s1. The number of aliphatic hydroxyl groups is 1. The Morgan fingerprint density at radius 2 is 2.16 bits per heavy atom. The number of aliphatic hydroxyl groups excluding tert-OH is 1. The molecule has 0 aliphatic carbocycles. The van der Waals surface area contributed by atoms with E-state index in [9.17, 15) is 0 Å². The van der Waals surface area contributed by atoms with Gasteiger partial charge in [-0.25, -0.2) is 4.98 Å². The van der Waals surface area contributed by atoms with Gasteiger partial charge in [0, 0.05) is 18.2 Å². The summed E-state index contributed by atoms with van der Waals surface area (Å²) in [5.41, 5.74) is 0.874. The number of nitrogens with zero attached hydrogens (tertiary/aromatic N) is 1. The first-order valence-corrected chi connectivity index (χ1v) is 7.12. The Hall–Kier alpha value is -1.30. The molecule has 1 N–H and O–H groups in total. The van der Waals surface area contributed by atoms with Crippen LogP contribution >= 0.6 is 22.9 Å². The molecule has 0 saturated carbocycles. The molecule has 0 spiro atoms. The molecule has 19 heavy (non-hydrogen) atoms. The summed E-state index contributed by atoms with van der Waals surface area (Å²) in [5.74, 6) is 1.25. The molecule has 0 amide bonds. The van der Waals surface area contributed by atoms with Crippen molar-refractivity contribution in [2.45, 2.75) is 13.0 Å². The van der Waals surface area contributed by atoms with Crippen molar-refractivity contribution in [1.29, 1.82) is 0 Å². The molecule has 0 saturated heterocycles. The maximum Gasteiger partial charge on any atom is 0.179 e. The number of hydrogen-bond acceptors (Lipinski definition) is 5. The van der Waals surface area contributed by atoms with Crippen LogP contribution in [0.15, 0.2) is 18.3 Å². The van der Waals surface area contributed by atoms with Gasteiger partial charge in [-0.2, -0.15) is 0 Å². The van der Waals surface area contributed by atoms with E-state index < -0.39 is 0 Å². The van der Waals surface area contributed by atoms with Gasteiger partial charge in [0.05, 0.1) is 29.7 Å². The lowest BCUT2D eigenvalue weighted by molar-refractivity contribution is 0.285. The van der Waals surface area contributed by atoms with E-state index in [1.165, 1.54) is 11.3 Å². The van der Waals surface area contributed by atoms with E-state index in [1.807, 2.05) is 12.1 Å². The zero-order valence-corrected chi connectivity index (χ0v) is 11.6. The van der Waals surface area contributed by atoms with Gasteiger partial charge in [-0.1, -0.05) is 11.6 Å². The van der Waals surface area contributed by atoms with Crippen molar-refractivity contribution in [3.8, 4) is 22.1 Å². The molecule has 2 aromatic rings. The Balaban J connectivity index is 2.03. The van der Waals surface area contributed by atoms with Crippen molar-refractivity contribution in [3.05, 3.63) is 28.2 Å². The second kappa shape index (κ2) is 5.36.